The van der Waals surface area contributed by atoms with Crippen LogP contribution in [-0.2, 0) is 28.6 Å². The molecule has 0 saturated carbocycles. The summed E-state index contributed by atoms with van der Waals surface area (Å²) in [6, 6.07) is 0. The third kappa shape index (κ3) is 49.1. The molecule has 0 fully saturated rings. The summed E-state index contributed by atoms with van der Waals surface area (Å²) in [4.78, 5) is 38.0. The van der Waals surface area contributed by atoms with E-state index in [2.05, 4.69) is 99.8 Å². The molecule has 0 aliphatic heterocycles. The van der Waals surface area contributed by atoms with Gasteiger partial charge in [-0.15, -0.1) is 0 Å². The van der Waals surface area contributed by atoms with Crippen LogP contribution in [0.1, 0.15) is 220 Å². The van der Waals surface area contributed by atoms with E-state index in [-0.39, 0.29) is 31.1 Å². The molecule has 1 unspecified atom stereocenters. The van der Waals surface area contributed by atoms with Crippen LogP contribution < -0.4 is 0 Å². The first-order chi connectivity index (χ1) is 31.5. The molecule has 0 saturated heterocycles. The summed E-state index contributed by atoms with van der Waals surface area (Å²) in [5, 5.41) is 0. The van der Waals surface area contributed by atoms with E-state index < -0.39 is 6.10 Å². The van der Waals surface area contributed by atoms with E-state index in [0.29, 0.717) is 19.3 Å². The van der Waals surface area contributed by atoms with Crippen molar-refractivity contribution in [3.05, 3.63) is 109 Å². The lowest BCUT2D eigenvalue weighted by Gasteiger charge is -2.18. The highest BCUT2D eigenvalue weighted by atomic mass is 16.6. The Morgan fingerprint density at radius 3 is 1.20 bits per heavy atom. The van der Waals surface area contributed by atoms with Crippen molar-refractivity contribution in [3.8, 4) is 0 Å². The van der Waals surface area contributed by atoms with Crippen LogP contribution >= 0.6 is 0 Å². The molecule has 0 amide bonds. The lowest BCUT2D eigenvalue weighted by atomic mass is 10.1. The Bertz CT molecular complexity index is 1340. The Hall–Kier alpha value is -3.93. The molecule has 0 rings (SSSR count). The van der Waals surface area contributed by atoms with Crippen LogP contribution in [0.25, 0.3) is 0 Å². The molecular weight excluding hydrogens is 793 g/mol. The lowest BCUT2D eigenvalue weighted by molar-refractivity contribution is -0.167. The van der Waals surface area contributed by atoms with Crippen LogP contribution in [0.3, 0.4) is 0 Å². The first-order valence-corrected chi connectivity index (χ1v) is 26.0. The van der Waals surface area contributed by atoms with Gasteiger partial charge in [0.15, 0.2) is 6.10 Å². The molecule has 0 heterocycles. The number of allylic oxidation sites excluding steroid dienone is 18. The molecule has 64 heavy (non-hydrogen) atoms. The molecule has 0 aliphatic rings. The van der Waals surface area contributed by atoms with E-state index in [1.54, 1.807) is 0 Å². The van der Waals surface area contributed by atoms with Crippen LogP contribution in [0.2, 0.25) is 0 Å². The smallest absolute Gasteiger partial charge is 0.306 e. The summed E-state index contributed by atoms with van der Waals surface area (Å²) in [5.41, 5.74) is 0. The van der Waals surface area contributed by atoms with Crippen LogP contribution in [0, 0.1) is 0 Å². The number of rotatable bonds is 45. The normalized spacial score (nSPS) is 13.0. The van der Waals surface area contributed by atoms with Gasteiger partial charge < -0.3 is 14.2 Å². The van der Waals surface area contributed by atoms with E-state index in [1.807, 2.05) is 30.4 Å². The number of unbranched alkanes of at least 4 members (excludes halogenated alkanes) is 20. The summed E-state index contributed by atoms with van der Waals surface area (Å²) in [6.45, 7) is 6.35. The van der Waals surface area contributed by atoms with Gasteiger partial charge in [0.05, 0.1) is 0 Å². The fourth-order valence-corrected chi connectivity index (χ4v) is 6.72. The maximum absolute atomic E-state index is 12.8. The molecule has 6 nitrogen and oxygen atoms in total. The van der Waals surface area contributed by atoms with Crippen LogP contribution in [0.15, 0.2) is 109 Å². The standard InChI is InChI=1S/C58H94O6/c1-4-7-10-13-16-19-22-25-27-29-30-32-33-36-39-42-45-48-51-57(60)63-54-55(53-62-56(59)50-47-44-41-38-35-24-21-18-15-12-9-6-3)64-58(61)52-49-46-43-40-37-34-31-28-26-23-20-17-14-11-8-5-2/h9-10,12-13,16,18-19,21-22,25,27-32,35,38,55H,4-8,11,14-15,17,20,23-24,26,33-34,36-37,39-54H2,1-3H3/b12-9-,13-10-,19-16-,21-18-,25-22-,29-27-,31-28-,32-30-,38-35-. The Labute approximate surface area is 393 Å². The topological polar surface area (TPSA) is 78.9 Å². The molecule has 0 radical (unpaired) electrons. The van der Waals surface area contributed by atoms with Gasteiger partial charge in [-0.1, -0.05) is 214 Å². The molecule has 0 spiro atoms. The van der Waals surface area contributed by atoms with Gasteiger partial charge in [-0.2, -0.15) is 0 Å². The molecule has 0 aromatic carbocycles. The average Bonchev–Trinajstić information content (AvgIpc) is 3.29. The second-order valence-corrected chi connectivity index (χ2v) is 16.8. The number of carbonyl (C=O) groups excluding carboxylic acids is 3. The minimum atomic E-state index is -0.810. The molecule has 0 aliphatic carbocycles. The van der Waals surface area contributed by atoms with Crippen LogP contribution in [-0.4, -0.2) is 37.2 Å². The minimum absolute atomic E-state index is 0.109. The fraction of sp³-hybridized carbons (Fsp3) is 0.638. The summed E-state index contributed by atoms with van der Waals surface area (Å²) in [7, 11) is 0. The van der Waals surface area contributed by atoms with Crippen molar-refractivity contribution in [2.24, 2.45) is 0 Å². The first kappa shape index (κ1) is 60.1. The molecule has 0 aromatic rings. The molecule has 6 heteroatoms. The quantitative estimate of drug-likeness (QED) is 0.0199. The molecule has 0 bridgehead atoms. The van der Waals surface area contributed by atoms with Crippen molar-refractivity contribution in [1.29, 1.82) is 0 Å². The SMILES string of the molecule is CC/C=C\C/C=C\C/C=C\CCCCC(=O)OCC(COC(=O)CCCCCCC\C=C/C=C\C=C/C=C\C=C/CCC)OC(=O)CCCCCCC/C=C\CCCCCCCCC. The highest BCUT2D eigenvalue weighted by Gasteiger charge is 2.19. The molecule has 0 aromatic heterocycles. The van der Waals surface area contributed by atoms with Gasteiger partial charge in [0.1, 0.15) is 13.2 Å². The number of esters is 3. The lowest BCUT2D eigenvalue weighted by Crippen LogP contribution is -2.30. The first-order valence-electron chi connectivity index (χ1n) is 26.0. The summed E-state index contributed by atoms with van der Waals surface area (Å²) >= 11 is 0. The highest BCUT2D eigenvalue weighted by Crippen LogP contribution is 2.13. The third-order valence-electron chi connectivity index (χ3n) is 10.6. The van der Waals surface area contributed by atoms with E-state index >= 15 is 0 Å². The maximum atomic E-state index is 12.8. The Kier molecular flexibility index (Phi) is 48.5. The number of carbonyl (C=O) groups is 3. The van der Waals surface area contributed by atoms with Crippen molar-refractivity contribution in [1.82, 2.24) is 0 Å². The van der Waals surface area contributed by atoms with Crippen molar-refractivity contribution in [3.63, 3.8) is 0 Å². The van der Waals surface area contributed by atoms with Gasteiger partial charge in [0, 0.05) is 19.3 Å². The van der Waals surface area contributed by atoms with Crippen molar-refractivity contribution < 1.29 is 28.6 Å². The van der Waals surface area contributed by atoms with E-state index in [9.17, 15) is 14.4 Å². The Morgan fingerprint density at radius 2 is 0.703 bits per heavy atom. The van der Waals surface area contributed by atoms with Crippen LogP contribution in [0.4, 0.5) is 0 Å². The third-order valence-corrected chi connectivity index (χ3v) is 10.6. The molecule has 362 valence electrons. The number of ether oxygens (including phenoxy) is 3. The van der Waals surface area contributed by atoms with E-state index in [0.717, 1.165) is 116 Å². The van der Waals surface area contributed by atoms with Gasteiger partial charge in [-0.3, -0.25) is 14.4 Å². The number of hydrogen-bond donors (Lipinski definition) is 0. The Balaban J connectivity index is 4.50. The second-order valence-electron chi connectivity index (χ2n) is 16.8. The van der Waals surface area contributed by atoms with Crippen molar-refractivity contribution >= 4 is 17.9 Å². The number of hydrogen-bond acceptors (Lipinski definition) is 6. The average molecular weight is 887 g/mol. The summed E-state index contributed by atoms with van der Waals surface area (Å²) < 4.78 is 16.7. The maximum Gasteiger partial charge on any atom is 0.306 e. The highest BCUT2D eigenvalue weighted by molar-refractivity contribution is 5.71. The predicted molar refractivity (Wildman–Crippen MR) is 274 cm³/mol. The van der Waals surface area contributed by atoms with Crippen molar-refractivity contribution in [2.45, 2.75) is 226 Å². The fourth-order valence-electron chi connectivity index (χ4n) is 6.72. The molecule has 0 N–H and O–H groups in total. The Morgan fingerprint density at radius 1 is 0.344 bits per heavy atom. The second kappa shape index (κ2) is 51.7. The zero-order valence-electron chi connectivity index (χ0n) is 41.3. The van der Waals surface area contributed by atoms with Gasteiger partial charge in [-0.25, -0.2) is 0 Å². The zero-order chi connectivity index (χ0) is 46.5. The minimum Gasteiger partial charge on any atom is -0.462 e. The van der Waals surface area contributed by atoms with Gasteiger partial charge in [0.25, 0.3) is 0 Å². The summed E-state index contributed by atoms with van der Waals surface area (Å²) in [6.07, 6.45) is 69.3. The monoisotopic (exact) mass is 887 g/mol. The van der Waals surface area contributed by atoms with Crippen LogP contribution in [0.5, 0.6) is 0 Å². The van der Waals surface area contributed by atoms with Gasteiger partial charge >= 0.3 is 17.9 Å². The molecule has 1 atom stereocenters. The van der Waals surface area contributed by atoms with Crippen molar-refractivity contribution in [2.75, 3.05) is 13.2 Å². The zero-order valence-corrected chi connectivity index (χ0v) is 41.3. The predicted octanol–water partition coefficient (Wildman–Crippen LogP) is 17.1. The van der Waals surface area contributed by atoms with E-state index in [1.165, 1.54) is 64.2 Å². The van der Waals surface area contributed by atoms with Gasteiger partial charge in [0.2, 0.25) is 0 Å². The van der Waals surface area contributed by atoms with E-state index in [4.69, 9.17) is 14.2 Å². The van der Waals surface area contributed by atoms with Gasteiger partial charge in [-0.05, 0) is 96.3 Å². The molecular formula is C58H94O6. The summed E-state index contributed by atoms with van der Waals surface area (Å²) in [5.74, 6) is -0.985. The largest absolute Gasteiger partial charge is 0.462 e.